The summed E-state index contributed by atoms with van der Waals surface area (Å²) < 4.78 is 2.14. The minimum atomic E-state index is 0.00363. The second-order valence-corrected chi connectivity index (χ2v) is 6.84. The molecule has 0 spiro atoms. The fraction of sp³-hybridized carbons (Fsp3) is 0.294. The number of amides is 1. The molecule has 0 atom stereocenters. The summed E-state index contributed by atoms with van der Waals surface area (Å²) in [5.74, 6) is 0.974. The first-order valence-corrected chi connectivity index (χ1v) is 8.15. The molecule has 2 heterocycles. The molecule has 5 heteroatoms. The van der Waals surface area contributed by atoms with Crippen molar-refractivity contribution in [3.05, 3.63) is 51.5 Å². The van der Waals surface area contributed by atoms with E-state index in [1.165, 1.54) is 4.88 Å². The molecule has 0 aliphatic carbocycles. The Morgan fingerprint density at radius 2 is 2.05 bits per heavy atom. The number of aromatic nitrogens is 2. The zero-order chi connectivity index (χ0) is 15.7. The Kier molecular flexibility index (Phi) is 3.98. The van der Waals surface area contributed by atoms with Crippen molar-refractivity contribution in [3.8, 4) is 0 Å². The Balaban J connectivity index is 1.69. The van der Waals surface area contributed by atoms with Crippen LogP contribution in [0.1, 0.15) is 25.9 Å². The summed E-state index contributed by atoms with van der Waals surface area (Å²) in [6.45, 7) is 7.32. The molecule has 3 rings (SSSR count). The van der Waals surface area contributed by atoms with E-state index in [1.807, 2.05) is 45.0 Å². The summed E-state index contributed by atoms with van der Waals surface area (Å²) in [6, 6.07) is 10.0. The maximum absolute atomic E-state index is 12.2. The zero-order valence-corrected chi connectivity index (χ0v) is 13.8. The lowest BCUT2D eigenvalue weighted by atomic mass is 10.2. The summed E-state index contributed by atoms with van der Waals surface area (Å²) in [4.78, 5) is 19.0. The van der Waals surface area contributed by atoms with Crippen LogP contribution in [0, 0.1) is 20.8 Å². The molecule has 4 nitrogen and oxygen atoms in total. The number of imidazole rings is 1. The highest BCUT2D eigenvalue weighted by molar-refractivity contribution is 7.12. The maximum atomic E-state index is 12.2. The van der Waals surface area contributed by atoms with E-state index in [0.29, 0.717) is 6.54 Å². The van der Waals surface area contributed by atoms with Crippen LogP contribution >= 0.6 is 11.3 Å². The molecule has 0 aliphatic heterocycles. The normalized spacial score (nSPS) is 11.0. The van der Waals surface area contributed by atoms with Crippen LogP contribution in [0.25, 0.3) is 11.0 Å². The van der Waals surface area contributed by atoms with Crippen molar-refractivity contribution in [1.29, 1.82) is 0 Å². The van der Waals surface area contributed by atoms with Gasteiger partial charge in [-0.25, -0.2) is 4.98 Å². The van der Waals surface area contributed by atoms with Crippen molar-refractivity contribution in [3.63, 3.8) is 0 Å². The molecule has 0 saturated carbocycles. The molecule has 1 amide bonds. The molecule has 0 saturated heterocycles. The van der Waals surface area contributed by atoms with E-state index in [4.69, 9.17) is 0 Å². The first-order valence-electron chi connectivity index (χ1n) is 7.33. The van der Waals surface area contributed by atoms with Crippen molar-refractivity contribution in [2.24, 2.45) is 0 Å². The van der Waals surface area contributed by atoms with Gasteiger partial charge >= 0.3 is 0 Å². The summed E-state index contributed by atoms with van der Waals surface area (Å²) >= 11 is 1.66. The second kappa shape index (κ2) is 5.93. The van der Waals surface area contributed by atoms with Crippen LogP contribution in [0.2, 0.25) is 0 Å². The molecule has 0 aliphatic rings. The van der Waals surface area contributed by atoms with Crippen molar-refractivity contribution in [1.82, 2.24) is 14.9 Å². The van der Waals surface area contributed by atoms with Gasteiger partial charge in [0, 0.05) is 22.8 Å². The molecular weight excluding hydrogens is 294 g/mol. The van der Waals surface area contributed by atoms with Gasteiger partial charge in [0.25, 0.3) is 5.91 Å². The monoisotopic (exact) mass is 313 g/mol. The van der Waals surface area contributed by atoms with Crippen LogP contribution in [0.5, 0.6) is 0 Å². The third kappa shape index (κ3) is 2.76. The zero-order valence-electron chi connectivity index (χ0n) is 13.0. The Morgan fingerprint density at radius 1 is 1.27 bits per heavy atom. The van der Waals surface area contributed by atoms with Crippen LogP contribution in [-0.4, -0.2) is 22.0 Å². The Morgan fingerprint density at radius 3 is 2.77 bits per heavy atom. The molecular formula is C17H19N3OS. The number of hydrogen-bond donors (Lipinski definition) is 1. The first-order chi connectivity index (χ1) is 10.6. The highest BCUT2D eigenvalue weighted by atomic mass is 32.1. The van der Waals surface area contributed by atoms with Crippen molar-refractivity contribution < 1.29 is 4.79 Å². The number of carbonyl (C=O) groups excluding carboxylic acids is 1. The van der Waals surface area contributed by atoms with Gasteiger partial charge in [-0.15, -0.1) is 11.3 Å². The number of benzene rings is 1. The van der Waals surface area contributed by atoms with Crippen molar-refractivity contribution in [2.75, 3.05) is 6.54 Å². The van der Waals surface area contributed by atoms with Gasteiger partial charge in [0.1, 0.15) is 5.82 Å². The quantitative estimate of drug-likeness (QED) is 0.802. The lowest BCUT2D eigenvalue weighted by Gasteiger charge is -2.08. The third-order valence-electron chi connectivity index (χ3n) is 3.75. The minimum absolute atomic E-state index is 0.00363. The predicted octanol–water partition coefficient (Wildman–Crippen LogP) is 3.45. The number of aryl methyl sites for hydroxylation is 3. The van der Waals surface area contributed by atoms with E-state index in [9.17, 15) is 4.79 Å². The van der Waals surface area contributed by atoms with Gasteiger partial charge in [-0.2, -0.15) is 0 Å². The van der Waals surface area contributed by atoms with Crippen LogP contribution in [-0.2, 0) is 6.54 Å². The van der Waals surface area contributed by atoms with Gasteiger partial charge in [0.2, 0.25) is 0 Å². The van der Waals surface area contributed by atoms with E-state index in [1.54, 1.807) is 11.3 Å². The van der Waals surface area contributed by atoms with E-state index in [0.717, 1.165) is 33.8 Å². The lowest BCUT2D eigenvalue weighted by molar-refractivity contribution is 0.0952. The average molecular weight is 313 g/mol. The Hall–Kier alpha value is -2.14. The van der Waals surface area contributed by atoms with Gasteiger partial charge in [-0.3, -0.25) is 4.79 Å². The van der Waals surface area contributed by atoms with Gasteiger partial charge in [-0.05, 0) is 39.0 Å². The topological polar surface area (TPSA) is 46.9 Å². The molecule has 1 aromatic carbocycles. The largest absolute Gasteiger partial charge is 0.350 e. The fourth-order valence-corrected chi connectivity index (χ4v) is 3.63. The van der Waals surface area contributed by atoms with Gasteiger partial charge < -0.3 is 9.88 Å². The molecule has 0 unspecified atom stereocenters. The number of fused-ring (bicyclic) bond motifs is 1. The Bertz CT molecular complexity index is 832. The lowest BCUT2D eigenvalue weighted by Crippen LogP contribution is -2.27. The van der Waals surface area contributed by atoms with Crippen molar-refractivity contribution >= 4 is 28.3 Å². The molecule has 0 fully saturated rings. The predicted molar refractivity (Wildman–Crippen MR) is 90.6 cm³/mol. The number of para-hydroxylation sites is 2. The van der Waals surface area contributed by atoms with E-state index in [2.05, 4.69) is 20.9 Å². The summed E-state index contributed by atoms with van der Waals surface area (Å²) in [6.07, 6.45) is 0. The van der Waals surface area contributed by atoms with Gasteiger partial charge in [-0.1, -0.05) is 12.1 Å². The number of carbonyl (C=O) groups is 1. The first kappa shape index (κ1) is 14.8. The van der Waals surface area contributed by atoms with Crippen LogP contribution in [0.15, 0.2) is 30.3 Å². The fourth-order valence-electron chi connectivity index (χ4n) is 2.71. The van der Waals surface area contributed by atoms with Crippen molar-refractivity contribution in [2.45, 2.75) is 27.3 Å². The second-order valence-electron chi connectivity index (χ2n) is 5.38. The molecule has 114 valence electrons. The van der Waals surface area contributed by atoms with Crippen LogP contribution < -0.4 is 5.32 Å². The maximum Gasteiger partial charge on any atom is 0.252 e. The molecule has 0 bridgehead atoms. The minimum Gasteiger partial charge on any atom is -0.350 e. The smallest absolute Gasteiger partial charge is 0.252 e. The molecule has 3 aromatic rings. The molecule has 1 N–H and O–H groups in total. The summed E-state index contributed by atoms with van der Waals surface area (Å²) in [7, 11) is 0. The van der Waals surface area contributed by atoms with Gasteiger partial charge in [0.05, 0.1) is 16.6 Å². The summed E-state index contributed by atoms with van der Waals surface area (Å²) in [5.41, 5.74) is 2.89. The Labute approximate surface area is 133 Å². The molecule has 22 heavy (non-hydrogen) atoms. The third-order valence-corrected chi connectivity index (χ3v) is 4.72. The number of rotatable bonds is 4. The number of nitrogens with one attached hydrogen (secondary N) is 1. The standard InChI is InChI=1S/C17H19N3OS/c1-11-10-14(12(2)22-11)17(21)18-8-9-20-13(3)19-15-6-4-5-7-16(15)20/h4-7,10H,8-9H2,1-3H3,(H,18,21). The highest BCUT2D eigenvalue weighted by Gasteiger charge is 2.12. The number of thiophene rings is 1. The van der Waals surface area contributed by atoms with Gasteiger partial charge in [0.15, 0.2) is 0 Å². The molecule has 0 radical (unpaired) electrons. The highest BCUT2D eigenvalue weighted by Crippen LogP contribution is 2.20. The van der Waals surface area contributed by atoms with E-state index in [-0.39, 0.29) is 5.91 Å². The SMILES string of the molecule is Cc1cc(C(=O)NCCn2c(C)nc3ccccc32)c(C)s1. The molecule has 2 aromatic heterocycles. The van der Waals surface area contributed by atoms with E-state index < -0.39 is 0 Å². The van der Waals surface area contributed by atoms with Crippen LogP contribution in [0.3, 0.4) is 0 Å². The number of hydrogen-bond acceptors (Lipinski definition) is 3. The average Bonchev–Trinajstić information content (AvgIpc) is 2.98. The summed E-state index contributed by atoms with van der Waals surface area (Å²) in [5, 5.41) is 3.00. The van der Waals surface area contributed by atoms with Crippen LogP contribution in [0.4, 0.5) is 0 Å². The van der Waals surface area contributed by atoms with E-state index >= 15 is 0 Å². The number of nitrogens with zero attached hydrogens (tertiary/aromatic N) is 2.